The Morgan fingerprint density at radius 1 is 1.21 bits per heavy atom. The standard InChI is InChI=1S/C10H17N3O/c1-11-9-12-8(14)10(13-9)6-4-2-3-5-7-10/h2-7H2,1H3,(H2,11,12,13,14). The van der Waals surface area contributed by atoms with Gasteiger partial charge in [-0.2, -0.15) is 0 Å². The zero-order chi connectivity index (χ0) is 10.0. The van der Waals surface area contributed by atoms with Crippen LogP contribution in [0.15, 0.2) is 4.99 Å². The van der Waals surface area contributed by atoms with Crippen LogP contribution < -0.4 is 10.6 Å². The molecule has 0 radical (unpaired) electrons. The number of hydrogen-bond acceptors (Lipinski definition) is 2. The number of aliphatic imine (C=N–C) groups is 1. The lowest BCUT2D eigenvalue weighted by Crippen LogP contribution is -2.46. The monoisotopic (exact) mass is 195 g/mol. The Bertz CT molecular complexity index is 265. The van der Waals surface area contributed by atoms with E-state index < -0.39 is 0 Å². The Hall–Kier alpha value is -1.06. The largest absolute Gasteiger partial charge is 0.342 e. The summed E-state index contributed by atoms with van der Waals surface area (Å²) >= 11 is 0. The van der Waals surface area contributed by atoms with Crippen LogP contribution in [-0.2, 0) is 4.79 Å². The van der Waals surface area contributed by atoms with Crippen LogP contribution >= 0.6 is 0 Å². The lowest BCUT2D eigenvalue weighted by Gasteiger charge is -2.24. The summed E-state index contributed by atoms with van der Waals surface area (Å²) in [5.41, 5.74) is -0.342. The van der Waals surface area contributed by atoms with Crippen molar-refractivity contribution in [1.29, 1.82) is 0 Å². The van der Waals surface area contributed by atoms with Gasteiger partial charge in [0.05, 0.1) is 0 Å². The van der Waals surface area contributed by atoms with E-state index in [0.29, 0.717) is 5.96 Å². The molecule has 2 N–H and O–H groups in total. The normalized spacial score (nSPS) is 28.6. The zero-order valence-electron chi connectivity index (χ0n) is 8.60. The van der Waals surface area contributed by atoms with Gasteiger partial charge in [0.1, 0.15) is 5.54 Å². The molecule has 1 spiro atoms. The zero-order valence-corrected chi connectivity index (χ0v) is 8.60. The highest BCUT2D eigenvalue weighted by atomic mass is 16.2. The number of nitrogens with zero attached hydrogens (tertiary/aromatic N) is 1. The number of carbonyl (C=O) groups is 1. The molecule has 0 aromatic carbocycles. The lowest BCUT2D eigenvalue weighted by molar-refractivity contribution is -0.124. The van der Waals surface area contributed by atoms with Gasteiger partial charge in [-0.15, -0.1) is 0 Å². The van der Waals surface area contributed by atoms with E-state index in [0.717, 1.165) is 25.7 Å². The summed E-state index contributed by atoms with van der Waals surface area (Å²) in [4.78, 5) is 15.8. The van der Waals surface area contributed by atoms with Gasteiger partial charge in [-0.1, -0.05) is 25.7 Å². The summed E-state index contributed by atoms with van der Waals surface area (Å²) in [7, 11) is 1.69. The number of nitrogens with one attached hydrogen (secondary N) is 2. The summed E-state index contributed by atoms with van der Waals surface area (Å²) in [6.45, 7) is 0. The van der Waals surface area contributed by atoms with E-state index in [4.69, 9.17) is 0 Å². The van der Waals surface area contributed by atoms with Crippen LogP contribution in [0.4, 0.5) is 0 Å². The maximum absolute atomic E-state index is 11.8. The number of rotatable bonds is 0. The van der Waals surface area contributed by atoms with E-state index in [9.17, 15) is 4.79 Å². The molecule has 0 unspecified atom stereocenters. The molecule has 0 bridgehead atoms. The Morgan fingerprint density at radius 3 is 2.36 bits per heavy atom. The fraction of sp³-hybridized carbons (Fsp3) is 0.800. The van der Waals surface area contributed by atoms with Gasteiger partial charge in [0, 0.05) is 7.05 Å². The molecule has 14 heavy (non-hydrogen) atoms. The van der Waals surface area contributed by atoms with Crippen LogP contribution in [0, 0.1) is 0 Å². The van der Waals surface area contributed by atoms with Crippen LogP contribution in [0.2, 0.25) is 0 Å². The Morgan fingerprint density at radius 2 is 1.86 bits per heavy atom. The molecule has 2 fully saturated rings. The summed E-state index contributed by atoms with van der Waals surface area (Å²) in [6, 6.07) is 0. The first-order valence-electron chi connectivity index (χ1n) is 5.33. The third kappa shape index (κ3) is 1.49. The predicted molar refractivity (Wildman–Crippen MR) is 55.1 cm³/mol. The molecule has 2 aliphatic rings. The molecule has 2 rings (SSSR count). The summed E-state index contributed by atoms with van der Waals surface area (Å²) < 4.78 is 0. The molecule has 1 amide bonds. The van der Waals surface area contributed by atoms with Gasteiger partial charge in [0.2, 0.25) is 0 Å². The third-order valence-electron chi connectivity index (χ3n) is 3.20. The average molecular weight is 195 g/mol. The van der Waals surface area contributed by atoms with Gasteiger partial charge in [-0.05, 0) is 12.8 Å². The van der Waals surface area contributed by atoms with E-state index in [-0.39, 0.29) is 11.4 Å². The van der Waals surface area contributed by atoms with Crippen LogP contribution in [0.25, 0.3) is 0 Å². The SMILES string of the molecule is CN=C1NC(=O)C2(CCCCCC2)N1. The minimum absolute atomic E-state index is 0.111. The highest BCUT2D eigenvalue weighted by Gasteiger charge is 2.44. The number of carbonyl (C=O) groups excluding carboxylic acids is 1. The van der Waals surface area contributed by atoms with Gasteiger partial charge < -0.3 is 5.32 Å². The highest BCUT2D eigenvalue weighted by Crippen LogP contribution is 2.29. The number of hydrogen-bond donors (Lipinski definition) is 2. The molecule has 4 nitrogen and oxygen atoms in total. The maximum Gasteiger partial charge on any atom is 0.252 e. The predicted octanol–water partition coefficient (Wildman–Crippen LogP) is 0.785. The van der Waals surface area contributed by atoms with Crippen LogP contribution in [0.1, 0.15) is 38.5 Å². The molecule has 4 heteroatoms. The van der Waals surface area contributed by atoms with Crippen molar-refractivity contribution in [3.8, 4) is 0 Å². The van der Waals surface area contributed by atoms with Crippen molar-refractivity contribution in [3.05, 3.63) is 0 Å². The molecule has 1 aliphatic heterocycles. The van der Waals surface area contributed by atoms with Gasteiger partial charge >= 0.3 is 0 Å². The minimum Gasteiger partial charge on any atom is -0.342 e. The Balaban J connectivity index is 2.17. The minimum atomic E-state index is -0.342. The molecule has 0 aromatic heterocycles. The van der Waals surface area contributed by atoms with Crippen LogP contribution in [0.3, 0.4) is 0 Å². The van der Waals surface area contributed by atoms with Crippen LogP contribution in [-0.4, -0.2) is 24.5 Å². The van der Waals surface area contributed by atoms with E-state index in [1.54, 1.807) is 7.05 Å². The van der Waals surface area contributed by atoms with Crippen molar-refractivity contribution in [1.82, 2.24) is 10.6 Å². The Kier molecular flexibility index (Phi) is 2.44. The second kappa shape index (κ2) is 3.59. The quantitative estimate of drug-likeness (QED) is 0.600. The maximum atomic E-state index is 11.8. The van der Waals surface area contributed by atoms with E-state index in [1.165, 1.54) is 12.8 Å². The molecule has 0 atom stereocenters. The van der Waals surface area contributed by atoms with Gasteiger partial charge in [0.15, 0.2) is 5.96 Å². The van der Waals surface area contributed by atoms with E-state index in [1.807, 2.05) is 0 Å². The van der Waals surface area contributed by atoms with E-state index in [2.05, 4.69) is 15.6 Å². The first kappa shape index (κ1) is 9.49. The second-order valence-corrected chi connectivity index (χ2v) is 4.15. The fourth-order valence-electron chi connectivity index (χ4n) is 2.34. The molecule has 1 heterocycles. The first-order chi connectivity index (χ1) is 6.77. The molecule has 1 saturated heterocycles. The Labute approximate surface area is 84.2 Å². The fourth-order valence-corrected chi connectivity index (χ4v) is 2.34. The summed E-state index contributed by atoms with van der Waals surface area (Å²) in [5, 5.41) is 6.03. The highest BCUT2D eigenvalue weighted by molar-refractivity contribution is 6.08. The van der Waals surface area contributed by atoms with Crippen molar-refractivity contribution >= 4 is 11.9 Å². The van der Waals surface area contributed by atoms with Gasteiger partial charge in [-0.3, -0.25) is 15.1 Å². The molecule has 0 aromatic rings. The molecule has 1 aliphatic carbocycles. The van der Waals surface area contributed by atoms with Crippen molar-refractivity contribution in [2.75, 3.05) is 7.05 Å². The molecule has 78 valence electrons. The van der Waals surface area contributed by atoms with Crippen molar-refractivity contribution in [2.24, 2.45) is 4.99 Å². The number of guanidine groups is 1. The van der Waals surface area contributed by atoms with Crippen molar-refractivity contribution in [2.45, 2.75) is 44.1 Å². The van der Waals surface area contributed by atoms with Gasteiger partial charge in [0.25, 0.3) is 5.91 Å². The van der Waals surface area contributed by atoms with Gasteiger partial charge in [-0.25, -0.2) is 0 Å². The second-order valence-electron chi connectivity index (χ2n) is 4.15. The summed E-state index contributed by atoms with van der Waals surface area (Å²) in [6.07, 6.45) is 6.65. The smallest absolute Gasteiger partial charge is 0.252 e. The molecular weight excluding hydrogens is 178 g/mol. The number of amides is 1. The van der Waals surface area contributed by atoms with Crippen molar-refractivity contribution < 1.29 is 4.79 Å². The van der Waals surface area contributed by atoms with Crippen molar-refractivity contribution in [3.63, 3.8) is 0 Å². The molecular formula is C10H17N3O. The van der Waals surface area contributed by atoms with E-state index >= 15 is 0 Å². The molecule has 1 saturated carbocycles. The third-order valence-corrected chi connectivity index (χ3v) is 3.20. The lowest BCUT2D eigenvalue weighted by atomic mass is 9.91. The summed E-state index contributed by atoms with van der Waals surface area (Å²) in [5.74, 6) is 0.747. The first-order valence-corrected chi connectivity index (χ1v) is 5.33. The van der Waals surface area contributed by atoms with Crippen LogP contribution in [0.5, 0.6) is 0 Å². The average Bonchev–Trinajstić information content (AvgIpc) is 2.40. The topological polar surface area (TPSA) is 53.5 Å².